The van der Waals surface area contributed by atoms with Crippen molar-refractivity contribution in [2.45, 2.75) is 44.8 Å². The van der Waals surface area contributed by atoms with Crippen molar-refractivity contribution in [2.24, 2.45) is 5.92 Å². The van der Waals surface area contributed by atoms with Gasteiger partial charge in [0.05, 0.1) is 6.10 Å². The van der Waals surface area contributed by atoms with Gasteiger partial charge in [0, 0.05) is 19.0 Å². The molecule has 0 saturated carbocycles. The van der Waals surface area contributed by atoms with Crippen LogP contribution in [0.2, 0.25) is 0 Å². The summed E-state index contributed by atoms with van der Waals surface area (Å²) >= 11 is 0. The van der Waals surface area contributed by atoms with Crippen LogP contribution in [-0.4, -0.2) is 33.4 Å². The van der Waals surface area contributed by atoms with Crippen LogP contribution in [-0.2, 0) is 11.2 Å². The maximum Gasteiger partial charge on any atom is 0.342 e. The number of aromatic nitrogens is 1. The first-order valence-corrected chi connectivity index (χ1v) is 9.79. The van der Waals surface area contributed by atoms with Gasteiger partial charge in [-0.15, -0.1) is 0 Å². The molecular formula is C24H25NO4. The van der Waals surface area contributed by atoms with E-state index in [9.17, 15) is 15.0 Å². The lowest BCUT2D eigenvalue weighted by Crippen LogP contribution is -2.28. The number of hydrogen-bond donors (Lipinski definition) is 2. The van der Waals surface area contributed by atoms with Gasteiger partial charge < -0.3 is 14.9 Å². The monoisotopic (exact) mass is 391 g/mol. The normalized spacial score (nSPS) is 23.4. The Morgan fingerprint density at radius 3 is 2.86 bits per heavy atom. The van der Waals surface area contributed by atoms with E-state index in [-0.39, 0.29) is 30.1 Å². The van der Waals surface area contributed by atoms with Crippen LogP contribution in [0.4, 0.5) is 0 Å². The van der Waals surface area contributed by atoms with Gasteiger partial charge in [-0.3, -0.25) is 0 Å². The number of carbonyl (C=O) groups excluding carboxylic acids is 1. The first-order chi connectivity index (χ1) is 14.0. The van der Waals surface area contributed by atoms with E-state index in [0.717, 1.165) is 6.42 Å². The highest BCUT2D eigenvalue weighted by molar-refractivity contribution is 5.94. The molecule has 1 aliphatic rings. The molecule has 5 heteroatoms. The number of phenolic OH excluding ortho intramolecular Hbond substituents is 1. The van der Waals surface area contributed by atoms with E-state index in [1.165, 1.54) is 6.07 Å². The molecule has 2 heterocycles. The Hall–Kier alpha value is -3.10. The minimum Gasteiger partial charge on any atom is -0.507 e. The average molecular weight is 391 g/mol. The molecule has 1 aromatic carbocycles. The van der Waals surface area contributed by atoms with Crippen LogP contribution in [0.15, 0.2) is 54.7 Å². The van der Waals surface area contributed by atoms with Gasteiger partial charge in [-0.1, -0.05) is 43.2 Å². The molecule has 0 fully saturated rings. The number of cyclic esters (lactones) is 1. The van der Waals surface area contributed by atoms with Crippen LogP contribution >= 0.6 is 0 Å². The molecule has 0 spiro atoms. The summed E-state index contributed by atoms with van der Waals surface area (Å²) in [5.41, 5.74) is 1.51. The number of aliphatic hydroxyl groups excluding tert-OH is 1. The largest absolute Gasteiger partial charge is 0.507 e. The summed E-state index contributed by atoms with van der Waals surface area (Å²) < 4.78 is 5.68. The van der Waals surface area contributed by atoms with Crippen LogP contribution < -0.4 is 0 Å². The van der Waals surface area contributed by atoms with Gasteiger partial charge in [0.1, 0.15) is 23.1 Å². The number of rotatable bonds is 1. The Kier molecular flexibility index (Phi) is 7.04. The Balaban J connectivity index is 1.85. The first kappa shape index (κ1) is 20.6. The minimum atomic E-state index is -0.627. The second kappa shape index (κ2) is 9.90. The number of pyridine rings is 1. The SMILES string of the molecule is C[C@H]1C/C=C/Cc2cccc(O)c2C(=O)O[C@@H](CC#Cc2ccccn2)C[C@H]1O. The third-order valence-corrected chi connectivity index (χ3v) is 4.99. The van der Waals surface area contributed by atoms with Gasteiger partial charge in [-0.25, -0.2) is 9.78 Å². The summed E-state index contributed by atoms with van der Waals surface area (Å²) in [5.74, 6) is 5.28. The van der Waals surface area contributed by atoms with Crippen molar-refractivity contribution >= 4 is 5.97 Å². The minimum absolute atomic E-state index is 0.0271. The number of benzene rings is 1. The van der Waals surface area contributed by atoms with E-state index < -0.39 is 18.2 Å². The fraction of sp³-hybridized carbons (Fsp3) is 0.333. The summed E-state index contributed by atoms with van der Waals surface area (Å²) in [4.78, 5) is 17.0. The van der Waals surface area contributed by atoms with E-state index in [1.54, 1.807) is 24.4 Å². The Labute approximate surface area is 171 Å². The van der Waals surface area contributed by atoms with Crippen molar-refractivity contribution in [1.82, 2.24) is 4.98 Å². The van der Waals surface area contributed by atoms with Crippen LogP contribution in [0.5, 0.6) is 5.75 Å². The molecule has 0 bridgehead atoms. The fourth-order valence-electron chi connectivity index (χ4n) is 3.25. The van der Waals surface area contributed by atoms with Crippen molar-refractivity contribution in [3.8, 4) is 17.6 Å². The average Bonchev–Trinajstić information content (AvgIpc) is 2.71. The van der Waals surface area contributed by atoms with Crippen LogP contribution in [0.1, 0.15) is 47.8 Å². The molecule has 0 unspecified atom stereocenters. The molecule has 1 aliphatic heterocycles. The van der Waals surface area contributed by atoms with Gasteiger partial charge >= 0.3 is 5.97 Å². The Morgan fingerprint density at radius 2 is 2.07 bits per heavy atom. The number of aliphatic hydroxyl groups is 1. The number of ether oxygens (including phenoxy) is 1. The highest BCUT2D eigenvalue weighted by Gasteiger charge is 2.25. The number of phenols is 1. The number of esters is 1. The molecule has 3 atom stereocenters. The zero-order valence-corrected chi connectivity index (χ0v) is 16.4. The lowest BCUT2D eigenvalue weighted by Gasteiger charge is -2.24. The van der Waals surface area contributed by atoms with Crippen molar-refractivity contribution < 1.29 is 19.7 Å². The van der Waals surface area contributed by atoms with Crippen molar-refractivity contribution in [3.63, 3.8) is 0 Å². The number of fused-ring (bicyclic) bond motifs is 1. The molecule has 0 radical (unpaired) electrons. The molecule has 0 aliphatic carbocycles. The lowest BCUT2D eigenvalue weighted by atomic mass is 9.94. The summed E-state index contributed by atoms with van der Waals surface area (Å²) in [6.45, 7) is 1.97. The van der Waals surface area contributed by atoms with Crippen molar-refractivity contribution in [1.29, 1.82) is 0 Å². The molecule has 0 saturated heterocycles. The van der Waals surface area contributed by atoms with E-state index in [0.29, 0.717) is 17.7 Å². The number of aromatic hydroxyl groups is 1. The van der Waals surface area contributed by atoms with Gasteiger partial charge in [0.2, 0.25) is 0 Å². The van der Waals surface area contributed by atoms with E-state index in [2.05, 4.69) is 16.8 Å². The predicted molar refractivity (Wildman–Crippen MR) is 110 cm³/mol. The first-order valence-electron chi connectivity index (χ1n) is 9.79. The van der Waals surface area contributed by atoms with Gasteiger partial charge in [-0.05, 0) is 48.4 Å². The number of hydrogen-bond acceptors (Lipinski definition) is 5. The molecule has 2 aromatic rings. The summed E-state index contributed by atoms with van der Waals surface area (Å²) in [6, 6.07) is 10.5. The highest BCUT2D eigenvalue weighted by Crippen LogP contribution is 2.26. The molecule has 1 aromatic heterocycles. The van der Waals surface area contributed by atoms with E-state index >= 15 is 0 Å². The van der Waals surface area contributed by atoms with E-state index in [4.69, 9.17) is 4.74 Å². The number of allylic oxidation sites excluding steroid dienone is 2. The third-order valence-electron chi connectivity index (χ3n) is 4.99. The van der Waals surface area contributed by atoms with Crippen LogP contribution in [0, 0.1) is 17.8 Å². The second-order valence-electron chi connectivity index (χ2n) is 7.25. The molecule has 2 N–H and O–H groups in total. The van der Waals surface area contributed by atoms with Gasteiger partial charge in [-0.2, -0.15) is 0 Å². The lowest BCUT2D eigenvalue weighted by molar-refractivity contribution is 0.00744. The zero-order chi connectivity index (χ0) is 20.6. The van der Waals surface area contributed by atoms with Gasteiger partial charge in [0.15, 0.2) is 0 Å². The quantitative estimate of drug-likeness (QED) is 0.441. The zero-order valence-electron chi connectivity index (χ0n) is 16.4. The molecule has 0 amide bonds. The molecule has 150 valence electrons. The van der Waals surface area contributed by atoms with Gasteiger partial charge in [0.25, 0.3) is 0 Å². The Bertz CT molecular complexity index is 927. The van der Waals surface area contributed by atoms with Crippen molar-refractivity contribution in [2.75, 3.05) is 0 Å². The predicted octanol–water partition coefficient (Wildman–Crippen LogP) is 3.64. The fourth-order valence-corrected chi connectivity index (χ4v) is 3.25. The number of carbonyl (C=O) groups is 1. The number of nitrogens with zero attached hydrogens (tertiary/aromatic N) is 1. The summed E-state index contributed by atoms with van der Waals surface area (Å²) in [7, 11) is 0. The van der Waals surface area contributed by atoms with E-state index in [1.807, 2.05) is 31.2 Å². The van der Waals surface area contributed by atoms with Crippen molar-refractivity contribution in [3.05, 3.63) is 71.6 Å². The molecule has 5 nitrogen and oxygen atoms in total. The summed E-state index contributed by atoms with van der Waals surface area (Å²) in [6.07, 6.45) is 6.17. The molecule has 3 rings (SSSR count). The Morgan fingerprint density at radius 1 is 1.21 bits per heavy atom. The third kappa shape index (κ3) is 5.69. The summed E-state index contributed by atoms with van der Waals surface area (Å²) in [5, 5.41) is 20.8. The van der Waals surface area contributed by atoms with Crippen LogP contribution in [0.25, 0.3) is 0 Å². The highest BCUT2D eigenvalue weighted by atomic mass is 16.5. The van der Waals surface area contributed by atoms with Crippen LogP contribution in [0.3, 0.4) is 0 Å². The standard InChI is InChI=1S/C24H25NO4/c1-17-8-2-3-9-18-10-6-14-21(26)23(18)24(28)29-20(16-22(17)27)13-7-12-19-11-4-5-15-25-19/h2-6,10-11,14-15,17,20,22,26-27H,8-9,13,16H2,1H3/b3-2+/t17-,20-,22+/m0/s1. The topological polar surface area (TPSA) is 79.7 Å². The molecule has 29 heavy (non-hydrogen) atoms. The maximum atomic E-state index is 12.8. The smallest absolute Gasteiger partial charge is 0.342 e. The molecular weight excluding hydrogens is 366 g/mol. The second-order valence-corrected chi connectivity index (χ2v) is 7.25. The maximum absolute atomic E-state index is 12.8.